The first-order chi connectivity index (χ1) is 5.74. The lowest BCUT2D eigenvalue weighted by Gasteiger charge is -1.98. The third-order valence-corrected chi connectivity index (χ3v) is 1.91. The van der Waals surface area contributed by atoms with Gasteiger partial charge in [-0.2, -0.15) is 0 Å². The van der Waals surface area contributed by atoms with E-state index >= 15 is 0 Å². The molecule has 0 spiro atoms. The van der Waals surface area contributed by atoms with Crippen molar-refractivity contribution in [3.8, 4) is 0 Å². The minimum atomic E-state index is 0.984. The molecule has 12 heavy (non-hydrogen) atoms. The van der Waals surface area contributed by atoms with Crippen LogP contribution in [-0.4, -0.2) is 4.98 Å². The number of pyridine rings is 1. The first-order valence-electron chi connectivity index (χ1n) is 3.65. The molecule has 1 aromatic heterocycles. The molecule has 0 N–H and O–H groups in total. The predicted octanol–water partition coefficient (Wildman–Crippen LogP) is 3.35. The number of hydrogen-bond acceptors (Lipinski definition) is 1. The summed E-state index contributed by atoms with van der Waals surface area (Å²) in [4.78, 5) is 4.23. The van der Waals surface area contributed by atoms with Crippen molar-refractivity contribution in [3.63, 3.8) is 0 Å². The molecule has 0 atom stereocenters. The van der Waals surface area contributed by atoms with Crippen molar-refractivity contribution in [1.29, 1.82) is 0 Å². The maximum atomic E-state index is 4.23. The van der Waals surface area contributed by atoms with Crippen LogP contribution in [0.2, 0.25) is 0 Å². The van der Waals surface area contributed by atoms with Crippen molar-refractivity contribution in [2.75, 3.05) is 0 Å². The van der Waals surface area contributed by atoms with Crippen LogP contribution in [0, 0.1) is 6.92 Å². The Hall–Kier alpha value is -0.890. The van der Waals surface area contributed by atoms with Crippen LogP contribution in [0.25, 0.3) is 6.08 Å². The zero-order valence-corrected chi connectivity index (χ0v) is 8.51. The number of halogens is 1. The quantitative estimate of drug-likeness (QED) is 0.702. The molecule has 1 heterocycles. The molecule has 0 saturated heterocycles. The van der Waals surface area contributed by atoms with Gasteiger partial charge >= 0.3 is 0 Å². The first-order valence-corrected chi connectivity index (χ1v) is 4.44. The van der Waals surface area contributed by atoms with Gasteiger partial charge in [0.15, 0.2) is 0 Å². The Morgan fingerprint density at radius 2 is 2.33 bits per heavy atom. The van der Waals surface area contributed by atoms with Crippen LogP contribution in [0.3, 0.4) is 0 Å². The minimum Gasteiger partial charge on any atom is -0.255 e. The lowest BCUT2D eigenvalue weighted by molar-refractivity contribution is 1.22. The molecule has 0 radical (unpaired) electrons. The molecule has 0 fully saturated rings. The van der Waals surface area contributed by atoms with E-state index in [2.05, 4.69) is 27.5 Å². The van der Waals surface area contributed by atoms with Gasteiger partial charge < -0.3 is 0 Å². The number of allylic oxidation sites excluding steroid dienone is 2. The average molecular weight is 224 g/mol. The second kappa shape index (κ2) is 4.21. The summed E-state index contributed by atoms with van der Waals surface area (Å²) in [5, 5.41) is 0. The van der Waals surface area contributed by atoms with Gasteiger partial charge in [0.2, 0.25) is 0 Å². The SMILES string of the molecule is C=C/C=C\c1ncc(Br)cc1C. The molecule has 0 amide bonds. The van der Waals surface area contributed by atoms with Crippen molar-refractivity contribution in [3.05, 3.63) is 46.7 Å². The maximum absolute atomic E-state index is 4.23. The van der Waals surface area contributed by atoms with Crippen molar-refractivity contribution >= 4 is 22.0 Å². The van der Waals surface area contributed by atoms with Crippen LogP contribution in [0.15, 0.2) is 35.5 Å². The van der Waals surface area contributed by atoms with Crippen LogP contribution in [0.5, 0.6) is 0 Å². The van der Waals surface area contributed by atoms with Gasteiger partial charge in [0, 0.05) is 10.7 Å². The Morgan fingerprint density at radius 1 is 1.58 bits per heavy atom. The summed E-state index contributed by atoms with van der Waals surface area (Å²) in [5.41, 5.74) is 2.14. The molecular formula is C10H10BrN. The molecule has 1 aromatic rings. The minimum absolute atomic E-state index is 0.984. The van der Waals surface area contributed by atoms with Gasteiger partial charge in [0.05, 0.1) is 5.69 Å². The van der Waals surface area contributed by atoms with Gasteiger partial charge in [-0.15, -0.1) is 0 Å². The maximum Gasteiger partial charge on any atom is 0.0659 e. The zero-order valence-electron chi connectivity index (χ0n) is 6.92. The number of aryl methyl sites for hydroxylation is 1. The normalized spacial score (nSPS) is 10.5. The van der Waals surface area contributed by atoms with E-state index in [1.807, 2.05) is 25.1 Å². The van der Waals surface area contributed by atoms with Gasteiger partial charge in [-0.1, -0.05) is 18.7 Å². The summed E-state index contributed by atoms with van der Waals surface area (Å²) >= 11 is 3.36. The van der Waals surface area contributed by atoms with E-state index < -0.39 is 0 Å². The largest absolute Gasteiger partial charge is 0.255 e. The summed E-state index contributed by atoms with van der Waals surface area (Å²) in [6, 6.07) is 2.04. The molecule has 0 unspecified atom stereocenters. The van der Waals surface area contributed by atoms with E-state index in [0.717, 1.165) is 15.7 Å². The number of rotatable bonds is 2. The summed E-state index contributed by atoms with van der Waals surface area (Å²) in [6.45, 7) is 5.63. The molecule has 0 bridgehead atoms. The second-order valence-electron chi connectivity index (χ2n) is 2.45. The molecule has 0 aromatic carbocycles. The van der Waals surface area contributed by atoms with E-state index in [-0.39, 0.29) is 0 Å². The van der Waals surface area contributed by atoms with E-state index in [1.165, 1.54) is 0 Å². The molecule has 0 aliphatic rings. The zero-order chi connectivity index (χ0) is 8.97. The van der Waals surface area contributed by atoms with Crippen molar-refractivity contribution in [2.24, 2.45) is 0 Å². The lowest BCUT2D eigenvalue weighted by Crippen LogP contribution is -1.85. The Balaban J connectivity index is 3.01. The fourth-order valence-electron chi connectivity index (χ4n) is 0.885. The number of aromatic nitrogens is 1. The summed E-state index contributed by atoms with van der Waals surface area (Å²) < 4.78 is 1.01. The van der Waals surface area contributed by atoms with E-state index in [9.17, 15) is 0 Å². The van der Waals surface area contributed by atoms with Crippen LogP contribution < -0.4 is 0 Å². The number of hydrogen-bond donors (Lipinski definition) is 0. The highest BCUT2D eigenvalue weighted by molar-refractivity contribution is 9.10. The third kappa shape index (κ3) is 2.31. The molecule has 0 saturated carbocycles. The van der Waals surface area contributed by atoms with Crippen LogP contribution in [0.4, 0.5) is 0 Å². The highest BCUT2D eigenvalue weighted by Crippen LogP contribution is 2.13. The van der Waals surface area contributed by atoms with Crippen LogP contribution in [0.1, 0.15) is 11.3 Å². The van der Waals surface area contributed by atoms with Gasteiger partial charge in [-0.25, -0.2) is 0 Å². The van der Waals surface area contributed by atoms with Crippen molar-refractivity contribution in [2.45, 2.75) is 6.92 Å². The van der Waals surface area contributed by atoms with Gasteiger partial charge in [0.1, 0.15) is 0 Å². The molecule has 0 aliphatic heterocycles. The monoisotopic (exact) mass is 223 g/mol. The molecule has 1 nitrogen and oxygen atoms in total. The van der Waals surface area contributed by atoms with Gasteiger partial charge in [-0.3, -0.25) is 4.98 Å². The fourth-order valence-corrected chi connectivity index (χ4v) is 1.33. The Morgan fingerprint density at radius 3 is 2.92 bits per heavy atom. The number of nitrogens with zero attached hydrogens (tertiary/aromatic N) is 1. The summed E-state index contributed by atoms with van der Waals surface area (Å²) in [5.74, 6) is 0. The van der Waals surface area contributed by atoms with E-state index in [1.54, 1.807) is 12.3 Å². The topological polar surface area (TPSA) is 12.9 Å². The van der Waals surface area contributed by atoms with Gasteiger partial charge in [0.25, 0.3) is 0 Å². The van der Waals surface area contributed by atoms with Crippen LogP contribution in [-0.2, 0) is 0 Å². The summed E-state index contributed by atoms with van der Waals surface area (Å²) in [7, 11) is 0. The predicted molar refractivity (Wildman–Crippen MR) is 55.9 cm³/mol. The van der Waals surface area contributed by atoms with Crippen LogP contribution >= 0.6 is 15.9 Å². The highest BCUT2D eigenvalue weighted by Gasteiger charge is 1.94. The Kier molecular flexibility index (Phi) is 3.23. The average Bonchev–Trinajstić information content (AvgIpc) is 2.03. The second-order valence-corrected chi connectivity index (χ2v) is 3.37. The van der Waals surface area contributed by atoms with E-state index in [4.69, 9.17) is 0 Å². The molecule has 0 aliphatic carbocycles. The van der Waals surface area contributed by atoms with E-state index in [0.29, 0.717) is 0 Å². The summed E-state index contributed by atoms with van der Waals surface area (Å²) in [6.07, 6.45) is 7.34. The third-order valence-electron chi connectivity index (χ3n) is 1.48. The lowest BCUT2D eigenvalue weighted by atomic mass is 10.2. The first kappa shape index (κ1) is 9.20. The smallest absolute Gasteiger partial charge is 0.0659 e. The van der Waals surface area contributed by atoms with Crippen molar-refractivity contribution < 1.29 is 0 Å². The molecule has 1 rings (SSSR count). The Bertz CT molecular complexity index is 316. The fraction of sp³-hybridized carbons (Fsp3) is 0.100. The molecule has 2 heteroatoms. The van der Waals surface area contributed by atoms with Crippen molar-refractivity contribution in [1.82, 2.24) is 4.98 Å². The highest BCUT2D eigenvalue weighted by atomic mass is 79.9. The Labute approximate surface area is 81.0 Å². The standard InChI is InChI=1S/C10H10BrN/c1-3-4-5-10-8(2)6-9(11)7-12-10/h3-7H,1H2,2H3/b5-4-. The molecular weight excluding hydrogens is 214 g/mol. The molecule has 62 valence electrons. The van der Waals surface area contributed by atoms with Gasteiger partial charge in [-0.05, 0) is 40.6 Å².